The number of halogens is 1. The number of amides is 1. The maximum atomic E-state index is 12.0. The van der Waals surface area contributed by atoms with Crippen molar-refractivity contribution in [2.75, 3.05) is 0 Å². The third kappa shape index (κ3) is 3.89. The summed E-state index contributed by atoms with van der Waals surface area (Å²) in [7, 11) is -3.88. The average Bonchev–Trinajstić information content (AvgIpc) is 2.91. The summed E-state index contributed by atoms with van der Waals surface area (Å²) in [6, 6.07) is 10.5. The van der Waals surface area contributed by atoms with Crippen LogP contribution >= 0.6 is 27.3 Å². The van der Waals surface area contributed by atoms with E-state index in [0.29, 0.717) is 10.4 Å². The number of thiophene rings is 1. The number of nitriles is 1. The van der Waals surface area contributed by atoms with Crippen molar-refractivity contribution < 1.29 is 13.2 Å². The van der Waals surface area contributed by atoms with E-state index in [-0.39, 0.29) is 4.90 Å². The number of hydrogen-bond acceptors (Lipinski definition) is 5. The minimum atomic E-state index is -3.88. The van der Waals surface area contributed by atoms with E-state index in [9.17, 15) is 13.2 Å². The third-order valence-corrected chi connectivity index (χ3v) is 5.28. The predicted molar refractivity (Wildman–Crippen MR) is 81.0 cm³/mol. The average molecular weight is 386 g/mol. The first kappa shape index (κ1) is 15.7. The molecule has 2 N–H and O–H groups in total. The first-order valence-electron chi connectivity index (χ1n) is 5.50. The standard InChI is InChI=1S/C12H8BrN3O3S2/c13-11-6-5-10(20-11)12(17)15-16-21(18,19)9-3-1-8(7-14)2-4-9/h1-6,16H,(H,15,17). The van der Waals surface area contributed by atoms with Crippen LogP contribution in [0, 0.1) is 11.3 Å². The highest BCUT2D eigenvalue weighted by molar-refractivity contribution is 9.11. The summed E-state index contributed by atoms with van der Waals surface area (Å²) < 4.78 is 24.7. The summed E-state index contributed by atoms with van der Waals surface area (Å²) in [5.74, 6) is -0.553. The zero-order valence-corrected chi connectivity index (χ0v) is 13.5. The molecular formula is C12H8BrN3O3S2. The second-order valence-corrected chi connectivity index (χ2v) is 7.94. The minimum Gasteiger partial charge on any atom is -0.273 e. The lowest BCUT2D eigenvalue weighted by atomic mass is 10.2. The highest BCUT2D eigenvalue weighted by atomic mass is 79.9. The van der Waals surface area contributed by atoms with Gasteiger partial charge >= 0.3 is 0 Å². The molecule has 0 atom stereocenters. The zero-order valence-electron chi connectivity index (χ0n) is 10.3. The fourth-order valence-corrected chi connectivity index (χ4v) is 3.50. The van der Waals surface area contributed by atoms with Crippen molar-refractivity contribution in [1.82, 2.24) is 10.3 Å². The predicted octanol–water partition coefficient (Wildman–Crippen LogP) is 2.01. The third-order valence-electron chi connectivity index (χ3n) is 2.39. The van der Waals surface area contributed by atoms with Gasteiger partial charge in [0, 0.05) is 0 Å². The number of hydrogen-bond donors (Lipinski definition) is 2. The zero-order chi connectivity index (χ0) is 15.5. The van der Waals surface area contributed by atoms with Crippen molar-refractivity contribution >= 4 is 43.2 Å². The maximum absolute atomic E-state index is 12.0. The Labute approximate surface area is 133 Å². The molecule has 6 nitrogen and oxygen atoms in total. The van der Waals surface area contributed by atoms with Crippen molar-refractivity contribution in [3.05, 3.63) is 50.6 Å². The van der Waals surface area contributed by atoms with Gasteiger partial charge in [0.15, 0.2) is 0 Å². The largest absolute Gasteiger partial charge is 0.276 e. The molecule has 21 heavy (non-hydrogen) atoms. The topological polar surface area (TPSA) is 99.1 Å². The van der Waals surface area contributed by atoms with E-state index in [2.05, 4.69) is 21.4 Å². The van der Waals surface area contributed by atoms with E-state index in [0.717, 1.165) is 3.79 Å². The Morgan fingerprint density at radius 1 is 1.19 bits per heavy atom. The first-order chi connectivity index (χ1) is 9.92. The van der Waals surface area contributed by atoms with Gasteiger partial charge in [-0.05, 0) is 52.3 Å². The van der Waals surface area contributed by atoms with Gasteiger partial charge in [0.1, 0.15) is 0 Å². The van der Waals surface area contributed by atoms with E-state index in [4.69, 9.17) is 5.26 Å². The van der Waals surface area contributed by atoms with Crippen LogP contribution < -0.4 is 10.3 Å². The Balaban J connectivity index is 2.07. The Kier molecular flexibility index (Phi) is 4.74. The van der Waals surface area contributed by atoms with Gasteiger partial charge in [-0.15, -0.1) is 16.2 Å². The fourth-order valence-electron chi connectivity index (χ4n) is 1.38. The summed E-state index contributed by atoms with van der Waals surface area (Å²) in [6.45, 7) is 0. The monoisotopic (exact) mass is 385 g/mol. The van der Waals surface area contributed by atoms with Crippen LogP contribution in [0.2, 0.25) is 0 Å². The number of nitrogens with zero attached hydrogens (tertiary/aromatic N) is 1. The van der Waals surface area contributed by atoms with Crippen LogP contribution in [0.1, 0.15) is 15.2 Å². The molecule has 0 aliphatic carbocycles. The van der Waals surface area contributed by atoms with Gasteiger partial charge in [-0.1, -0.05) is 0 Å². The van der Waals surface area contributed by atoms with Crippen molar-refractivity contribution in [1.29, 1.82) is 5.26 Å². The summed E-state index contributed by atoms with van der Waals surface area (Å²) >= 11 is 4.40. The fraction of sp³-hybridized carbons (Fsp3) is 0. The molecule has 0 bridgehead atoms. The molecule has 9 heteroatoms. The normalized spacial score (nSPS) is 10.9. The van der Waals surface area contributed by atoms with E-state index >= 15 is 0 Å². The van der Waals surface area contributed by atoms with Crippen LogP contribution in [0.4, 0.5) is 0 Å². The van der Waals surface area contributed by atoms with Crippen LogP contribution in [0.3, 0.4) is 0 Å². The van der Waals surface area contributed by atoms with Gasteiger partial charge in [-0.2, -0.15) is 5.26 Å². The Bertz CT molecular complexity index is 807. The SMILES string of the molecule is N#Cc1ccc(S(=O)(=O)NNC(=O)c2ccc(Br)s2)cc1. The molecule has 0 saturated carbocycles. The van der Waals surface area contributed by atoms with Gasteiger partial charge in [0.05, 0.1) is 25.2 Å². The number of nitrogens with one attached hydrogen (secondary N) is 2. The number of sulfonamides is 1. The maximum Gasteiger partial charge on any atom is 0.276 e. The second kappa shape index (κ2) is 6.36. The number of rotatable bonds is 4. The Hall–Kier alpha value is -1.73. The van der Waals surface area contributed by atoms with E-state index < -0.39 is 15.9 Å². The van der Waals surface area contributed by atoms with Crippen LogP contribution in [-0.2, 0) is 10.0 Å². The van der Waals surface area contributed by atoms with Gasteiger partial charge in [-0.3, -0.25) is 10.2 Å². The molecule has 0 aliphatic rings. The Morgan fingerprint density at radius 2 is 1.86 bits per heavy atom. The summed E-state index contributed by atoms with van der Waals surface area (Å²) in [5, 5.41) is 8.66. The van der Waals surface area contributed by atoms with Crippen LogP contribution in [0.5, 0.6) is 0 Å². The Morgan fingerprint density at radius 3 is 2.38 bits per heavy atom. The van der Waals surface area contributed by atoms with Crippen LogP contribution in [0.15, 0.2) is 45.1 Å². The molecule has 0 unspecified atom stereocenters. The number of hydrazine groups is 1. The number of carbonyl (C=O) groups is 1. The molecule has 0 fully saturated rings. The summed E-state index contributed by atoms with van der Waals surface area (Å²) in [4.78, 5) is 14.1. The summed E-state index contributed by atoms with van der Waals surface area (Å²) in [5.41, 5.74) is 2.48. The molecule has 1 heterocycles. The van der Waals surface area contributed by atoms with Crippen molar-refractivity contribution in [2.45, 2.75) is 4.90 Å². The van der Waals surface area contributed by atoms with Crippen molar-refractivity contribution in [2.24, 2.45) is 0 Å². The first-order valence-corrected chi connectivity index (χ1v) is 8.59. The molecule has 108 valence electrons. The van der Waals surface area contributed by atoms with Crippen molar-refractivity contribution in [3.63, 3.8) is 0 Å². The molecule has 2 rings (SSSR count). The molecule has 2 aromatic rings. The van der Waals surface area contributed by atoms with Crippen LogP contribution in [-0.4, -0.2) is 14.3 Å². The highest BCUT2D eigenvalue weighted by Crippen LogP contribution is 2.21. The number of benzene rings is 1. The molecule has 1 aromatic carbocycles. The molecular weight excluding hydrogens is 378 g/mol. The lowest BCUT2D eigenvalue weighted by Crippen LogP contribution is -2.41. The molecule has 0 saturated heterocycles. The van der Waals surface area contributed by atoms with Gasteiger partial charge in [0.25, 0.3) is 15.9 Å². The molecule has 1 aromatic heterocycles. The smallest absolute Gasteiger partial charge is 0.273 e. The molecule has 0 spiro atoms. The van der Waals surface area contributed by atoms with Gasteiger partial charge in [-0.25, -0.2) is 8.42 Å². The van der Waals surface area contributed by atoms with Crippen LogP contribution in [0.25, 0.3) is 0 Å². The quantitative estimate of drug-likeness (QED) is 0.786. The van der Waals surface area contributed by atoms with E-state index in [1.165, 1.54) is 35.6 Å². The lowest BCUT2D eigenvalue weighted by molar-refractivity contribution is 0.0949. The minimum absolute atomic E-state index is 0.0471. The van der Waals surface area contributed by atoms with E-state index in [1.54, 1.807) is 12.1 Å². The highest BCUT2D eigenvalue weighted by Gasteiger charge is 2.16. The second-order valence-electron chi connectivity index (χ2n) is 3.80. The van der Waals surface area contributed by atoms with Crippen molar-refractivity contribution in [3.8, 4) is 6.07 Å². The number of carbonyl (C=O) groups excluding carboxylic acids is 1. The lowest BCUT2D eigenvalue weighted by Gasteiger charge is -2.07. The molecule has 0 aliphatic heterocycles. The van der Waals surface area contributed by atoms with Gasteiger partial charge < -0.3 is 0 Å². The summed E-state index contributed by atoms with van der Waals surface area (Å²) in [6.07, 6.45) is 0. The molecule has 1 amide bonds. The molecule has 0 radical (unpaired) electrons. The van der Waals surface area contributed by atoms with Gasteiger partial charge in [0.2, 0.25) is 0 Å². The van der Waals surface area contributed by atoms with E-state index in [1.807, 2.05) is 10.9 Å².